The summed E-state index contributed by atoms with van der Waals surface area (Å²) in [5.74, 6) is 2.34. The molecule has 0 saturated heterocycles. The van der Waals surface area contributed by atoms with Crippen LogP contribution in [0.25, 0.3) is 0 Å². The van der Waals surface area contributed by atoms with E-state index in [0.717, 1.165) is 36.2 Å². The number of ether oxygens (including phenoxy) is 1. The molecule has 0 unspecified atom stereocenters. The molecule has 0 spiro atoms. The van der Waals surface area contributed by atoms with Crippen molar-refractivity contribution < 1.29 is 4.74 Å². The molecule has 0 radical (unpaired) electrons. The minimum Gasteiger partial charge on any atom is -0.474 e. The number of nitrogens with one attached hydrogen (secondary N) is 2. The van der Waals surface area contributed by atoms with Crippen molar-refractivity contribution in [3.05, 3.63) is 23.9 Å². The lowest BCUT2D eigenvalue weighted by atomic mass is 9.89. The van der Waals surface area contributed by atoms with E-state index in [1.807, 2.05) is 19.2 Å². The van der Waals surface area contributed by atoms with Crippen LogP contribution in [0.4, 0.5) is 0 Å². The highest BCUT2D eigenvalue weighted by Gasteiger charge is 2.19. The van der Waals surface area contributed by atoms with Crippen LogP contribution in [0.2, 0.25) is 0 Å². The monoisotopic (exact) mass is 290 g/mol. The number of guanidine groups is 1. The van der Waals surface area contributed by atoms with E-state index in [4.69, 9.17) is 4.74 Å². The first-order valence-electron chi connectivity index (χ1n) is 7.71. The standard InChI is InChI=1S/C16H26N4O/c1-12-4-6-14(7-5-12)21-15-10-13(8-9-19-15)11-20-16(17-2)18-3/h8-10,12,14H,4-7,11H2,1-3H3,(H2,17,18,20). The van der Waals surface area contributed by atoms with Crippen molar-refractivity contribution in [2.45, 2.75) is 45.3 Å². The molecule has 5 heteroatoms. The second-order valence-corrected chi connectivity index (χ2v) is 5.68. The summed E-state index contributed by atoms with van der Waals surface area (Å²) in [5, 5.41) is 6.23. The van der Waals surface area contributed by atoms with Gasteiger partial charge in [0.25, 0.3) is 0 Å². The molecule has 2 N–H and O–H groups in total. The van der Waals surface area contributed by atoms with Crippen molar-refractivity contribution in [3.8, 4) is 5.88 Å². The van der Waals surface area contributed by atoms with Crippen LogP contribution in [0.5, 0.6) is 5.88 Å². The van der Waals surface area contributed by atoms with Crippen LogP contribution in [0.1, 0.15) is 38.2 Å². The lowest BCUT2D eigenvalue weighted by Gasteiger charge is -2.26. The van der Waals surface area contributed by atoms with E-state index in [0.29, 0.717) is 12.6 Å². The van der Waals surface area contributed by atoms with Gasteiger partial charge in [-0.1, -0.05) is 6.92 Å². The quantitative estimate of drug-likeness (QED) is 0.660. The Balaban J connectivity index is 1.88. The lowest BCUT2D eigenvalue weighted by Crippen LogP contribution is -2.34. The summed E-state index contributed by atoms with van der Waals surface area (Å²) in [6.45, 7) is 3.02. The normalized spacial score (nSPS) is 22.7. The Kier molecular flexibility index (Phi) is 5.84. The summed E-state index contributed by atoms with van der Waals surface area (Å²) in [6.07, 6.45) is 6.91. The van der Waals surface area contributed by atoms with Crippen molar-refractivity contribution >= 4 is 5.96 Å². The van der Waals surface area contributed by atoms with E-state index < -0.39 is 0 Å². The van der Waals surface area contributed by atoms with E-state index in [2.05, 4.69) is 27.5 Å². The molecule has 0 aliphatic heterocycles. The number of pyridine rings is 1. The Morgan fingerprint density at radius 2 is 2.14 bits per heavy atom. The van der Waals surface area contributed by atoms with Gasteiger partial charge in [-0.2, -0.15) is 0 Å². The van der Waals surface area contributed by atoms with Gasteiger partial charge in [0, 0.05) is 32.9 Å². The minimum absolute atomic E-state index is 0.321. The van der Waals surface area contributed by atoms with Crippen LogP contribution in [0.3, 0.4) is 0 Å². The van der Waals surface area contributed by atoms with E-state index in [1.165, 1.54) is 12.8 Å². The number of nitrogens with zero attached hydrogens (tertiary/aromatic N) is 2. The van der Waals surface area contributed by atoms with E-state index in [9.17, 15) is 0 Å². The van der Waals surface area contributed by atoms with Crippen LogP contribution in [-0.4, -0.2) is 31.1 Å². The molecular formula is C16H26N4O. The molecule has 2 rings (SSSR count). The molecule has 116 valence electrons. The molecule has 0 aromatic carbocycles. The molecule has 1 aromatic heterocycles. The third-order valence-electron chi connectivity index (χ3n) is 3.97. The second kappa shape index (κ2) is 7.86. The van der Waals surface area contributed by atoms with Crippen molar-refractivity contribution in [3.63, 3.8) is 0 Å². The molecular weight excluding hydrogens is 264 g/mol. The fraction of sp³-hybridized carbons (Fsp3) is 0.625. The van der Waals surface area contributed by atoms with Gasteiger partial charge in [0.05, 0.1) is 0 Å². The third-order valence-corrected chi connectivity index (χ3v) is 3.97. The van der Waals surface area contributed by atoms with Gasteiger partial charge < -0.3 is 15.4 Å². The third kappa shape index (κ3) is 4.92. The summed E-state index contributed by atoms with van der Waals surface area (Å²) >= 11 is 0. The molecule has 0 amide bonds. The number of aliphatic imine (C=N–C) groups is 1. The van der Waals surface area contributed by atoms with Crippen LogP contribution >= 0.6 is 0 Å². The van der Waals surface area contributed by atoms with Crippen LogP contribution in [-0.2, 0) is 6.54 Å². The second-order valence-electron chi connectivity index (χ2n) is 5.68. The van der Waals surface area contributed by atoms with Crippen molar-refractivity contribution in [2.24, 2.45) is 10.9 Å². The molecule has 21 heavy (non-hydrogen) atoms. The van der Waals surface area contributed by atoms with Gasteiger partial charge in [0.15, 0.2) is 5.96 Å². The van der Waals surface area contributed by atoms with Gasteiger partial charge in [0.2, 0.25) is 5.88 Å². The van der Waals surface area contributed by atoms with Crippen molar-refractivity contribution in [2.75, 3.05) is 14.1 Å². The number of hydrogen-bond donors (Lipinski definition) is 2. The first-order valence-corrected chi connectivity index (χ1v) is 7.71. The van der Waals surface area contributed by atoms with E-state index in [1.54, 1.807) is 13.2 Å². The largest absolute Gasteiger partial charge is 0.474 e. The molecule has 5 nitrogen and oxygen atoms in total. The molecule has 1 aliphatic rings. The van der Waals surface area contributed by atoms with Gasteiger partial charge in [-0.05, 0) is 43.2 Å². The van der Waals surface area contributed by atoms with Gasteiger partial charge >= 0.3 is 0 Å². The fourth-order valence-corrected chi connectivity index (χ4v) is 2.61. The van der Waals surface area contributed by atoms with Crippen LogP contribution < -0.4 is 15.4 Å². The summed E-state index contributed by atoms with van der Waals surface area (Å²) in [4.78, 5) is 8.42. The van der Waals surface area contributed by atoms with Gasteiger partial charge in [0.1, 0.15) is 6.10 Å². The van der Waals surface area contributed by atoms with Gasteiger partial charge in [-0.25, -0.2) is 4.98 Å². The Hall–Kier alpha value is -1.78. The van der Waals surface area contributed by atoms with Crippen LogP contribution in [0, 0.1) is 5.92 Å². The van der Waals surface area contributed by atoms with Crippen molar-refractivity contribution in [1.82, 2.24) is 15.6 Å². The zero-order chi connectivity index (χ0) is 15.1. The summed E-state index contributed by atoms with van der Waals surface area (Å²) in [6, 6.07) is 4.00. The average Bonchev–Trinajstić information content (AvgIpc) is 2.51. The smallest absolute Gasteiger partial charge is 0.213 e. The molecule has 1 aromatic rings. The maximum atomic E-state index is 6.02. The summed E-state index contributed by atoms with van der Waals surface area (Å²) in [5.41, 5.74) is 1.14. The minimum atomic E-state index is 0.321. The Morgan fingerprint density at radius 3 is 2.81 bits per heavy atom. The molecule has 0 atom stereocenters. The first kappa shape index (κ1) is 15.6. The van der Waals surface area contributed by atoms with E-state index >= 15 is 0 Å². The van der Waals surface area contributed by atoms with Crippen LogP contribution in [0.15, 0.2) is 23.3 Å². The zero-order valence-electron chi connectivity index (χ0n) is 13.2. The van der Waals surface area contributed by atoms with Crippen molar-refractivity contribution in [1.29, 1.82) is 0 Å². The number of hydrogen-bond acceptors (Lipinski definition) is 3. The van der Waals surface area contributed by atoms with E-state index in [-0.39, 0.29) is 0 Å². The fourth-order valence-electron chi connectivity index (χ4n) is 2.61. The predicted molar refractivity (Wildman–Crippen MR) is 85.5 cm³/mol. The molecule has 1 fully saturated rings. The maximum Gasteiger partial charge on any atom is 0.213 e. The maximum absolute atomic E-state index is 6.02. The molecule has 0 bridgehead atoms. The van der Waals surface area contributed by atoms with Gasteiger partial charge in [-0.3, -0.25) is 4.99 Å². The average molecular weight is 290 g/mol. The highest BCUT2D eigenvalue weighted by Crippen LogP contribution is 2.26. The first-order chi connectivity index (χ1) is 10.2. The Labute approximate surface area is 127 Å². The highest BCUT2D eigenvalue weighted by atomic mass is 16.5. The lowest BCUT2D eigenvalue weighted by molar-refractivity contribution is 0.130. The summed E-state index contributed by atoms with van der Waals surface area (Å²) in [7, 11) is 3.60. The number of aromatic nitrogens is 1. The Morgan fingerprint density at radius 1 is 1.38 bits per heavy atom. The predicted octanol–water partition coefficient (Wildman–Crippen LogP) is 2.33. The SMILES string of the molecule is CN=C(NC)NCc1ccnc(OC2CCC(C)CC2)c1. The molecule has 1 aliphatic carbocycles. The molecule has 1 saturated carbocycles. The van der Waals surface area contributed by atoms with Gasteiger partial charge in [-0.15, -0.1) is 0 Å². The highest BCUT2D eigenvalue weighted by molar-refractivity contribution is 5.79. The number of rotatable bonds is 4. The summed E-state index contributed by atoms with van der Waals surface area (Å²) < 4.78 is 6.02. The molecule has 1 heterocycles. The Bertz CT molecular complexity index is 467. The topological polar surface area (TPSA) is 58.5 Å². The zero-order valence-corrected chi connectivity index (χ0v) is 13.2.